The van der Waals surface area contributed by atoms with Crippen LogP contribution in [0.3, 0.4) is 0 Å². The minimum absolute atomic E-state index is 0.0353. The van der Waals surface area contributed by atoms with E-state index in [1.165, 1.54) is 0 Å². The Bertz CT molecular complexity index is 853. The zero-order chi connectivity index (χ0) is 29.0. The van der Waals surface area contributed by atoms with Gasteiger partial charge in [-0.2, -0.15) is 0 Å². The summed E-state index contributed by atoms with van der Waals surface area (Å²) in [7, 11) is 0. The van der Waals surface area contributed by atoms with Crippen LogP contribution < -0.4 is 0 Å². The maximum atomic E-state index is 12.8. The molecule has 1 aliphatic rings. The van der Waals surface area contributed by atoms with Gasteiger partial charge in [-0.15, -0.1) is 0 Å². The summed E-state index contributed by atoms with van der Waals surface area (Å²) < 4.78 is 28.3. The van der Waals surface area contributed by atoms with Crippen LogP contribution in [0.15, 0.2) is 5.11 Å². The van der Waals surface area contributed by atoms with Crippen molar-refractivity contribution in [2.45, 2.75) is 112 Å². The van der Waals surface area contributed by atoms with Crippen LogP contribution >= 0.6 is 0 Å². The van der Waals surface area contributed by atoms with Crippen LogP contribution in [0, 0.1) is 23.7 Å². The molecule has 5 atom stereocenters. The number of hydrogen-bond donors (Lipinski definition) is 0. The van der Waals surface area contributed by atoms with Crippen molar-refractivity contribution in [3.05, 3.63) is 10.4 Å². The van der Waals surface area contributed by atoms with E-state index in [4.69, 9.17) is 23.7 Å². The van der Waals surface area contributed by atoms with Crippen molar-refractivity contribution in [2.24, 2.45) is 28.8 Å². The average molecular weight is 542 g/mol. The quantitative estimate of drug-likeness (QED) is 0.101. The van der Waals surface area contributed by atoms with Gasteiger partial charge in [0.2, 0.25) is 0 Å². The molecule has 0 bridgehead atoms. The van der Waals surface area contributed by atoms with Crippen molar-refractivity contribution < 1.29 is 42.9 Å². The van der Waals surface area contributed by atoms with Crippen LogP contribution in [0.1, 0.15) is 81.1 Å². The van der Waals surface area contributed by atoms with Gasteiger partial charge in [-0.3, -0.25) is 19.2 Å². The second kappa shape index (κ2) is 16.2. The number of carbonyl (C=O) groups is 4. The molecular weight excluding hydrogens is 498 g/mol. The lowest BCUT2D eigenvalue weighted by molar-refractivity contribution is -0.253. The summed E-state index contributed by atoms with van der Waals surface area (Å²) in [6.45, 7) is 14.3. The summed E-state index contributed by atoms with van der Waals surface area (Å²) in [5.41, 5.74) is 9.18. The van der Waals surface area contributed by atoms with E-state index in [-0.39, 0.29) is 56.0 Å². The van der Waals surface area contributed by atoms with Crippen LogP contribution in [0.4, 0.5) is 0 Å². The van der Waals surface area contributed by atoms with Gasteiger partial charge in [0.1, 0.15) is 12.7 Å². The van der Waals surface area contributed by atoms with E-state index < -0.39 is 54.5 Å². The van der Waals surface area contributed by atoms with Gasteiger partial charge in [0.15, 0.2) is 24.5 Å². The molecule has 0 aromatic heterocycles. The molecule has 0 amide bonds. The third-order valence-corrected chi connectivity index (χ3v) is 5.29. The monoisotopic (exact) mass is 541 g/mol. The lowest BCUT2D eigenvalue weighted by Gasteiger charge is -2.43. The van der Waals surface area contributed by atoms with Crippen LogP contribution in [-0.4, -0.2) is 61.1 Å². The van der Waals surface area contributed by atoms with Gasteiger partial charge < -0.3 is 23.7 Å². The molecule has 1 heterocycles. The first kappa shape index (κ1) is 33.2. The molecule has 1 aliphatic heterocycles. The molecule has 0 aromatic rings. The Morgan fingerprint density at radius 2 is 1.08 bits per heavy atom. The fourth-order valence-electron chi connectivity index (χ4n) is 3.74. The van der Waals surface area contributed by atoms with Crippen LogP contribution in [0.25, 0.3) is 10.4 Å². The van der Waals surface area contributed by atoms with Gasteiger partial charge in [-0.25, -0.2) is 0 Å². The zero-order valence-corrected chi connectivity index (χ0v) is 23.7. The molecule has 0 aliphatic carbocycles. The minimum atomic E-state index is -1.43. The fourth-order valence-corrected chi connectivity index (χ4v) is 3.74. The molecule has 12 nitrogen and oxygen atoms in total. The van der Waals surface area contributed by atoms with Crippen molar-refractivity contribution in [2.75, 3.05) is 6.61 Å². The summed E-state index contributed by atoms with van der Waals surface area (Å²) in [6, 6.07) is 0. The Kier molecular flexibility index (Phi) is 14.1. The van der Waals surface area contributed by atoms with E-state index in [1.807, 2.05) is 55.4 Å². The number of azide groups is 1. The second-order valence-corrected chi connectivity index (χ2v) is 11.2. The van der Waals surface area contributed by atoms with Crippen LogP contribution in [-0.2, 0) is 42.9 Å². The first-order valence-corrected chi connectivity index (χ1v) is 13.2. The third-order valence-electron chi connectivity index (χ3n) is 5.29. The highest BCUT2D eigenvalue weighted by Gasteiger charge is 2.52. The number of esters is 4. The van der Waals surface area contributed by atoms with Crippen molar-refractivity contribution >= 4 is 23.9 Å². The van der Waals surface area contributed by atoms with Gasteiger partial charge in [-0.05, 0) is 29.2 Å². The highest BCUT2D eigenvalue weighted by molar-refractivity contribution is 5.72. The lowest BCUT2D eigenvalue weighted by Crippen LogP contribution is -2.62. The third kappa shape index (κ3) is 12.1. The Hall–Kier alpha value is -2.85. The van der Waals surface area contributed by atoms with E-state index >= 15 is 0 Å². The van der Waals surface area contributed by atoms with Crippen molar-refractivity contribution in [3.8, 4) is 0 Å². The van der Waals surface area contributed by atoms with E-state index in [9.17, 15) is 24.7 Å². The molecule has 1 fully saturated rings. The highest BCUT2D eigenvalue weighted by Crippen LogP contribution is 2.31. The van der Waals surface area contributed by atoms with E-state index in [1.54, 1.807) is 0 Å². The number of ether oxygens (including phenoxy) is 5. The average Bonchev–Trinajstić information content (AvgIpc) is 2.74. The molecule has 38 heavy (non-hydrogen) atoms. The molecule has 0 unspecified atom stereocenters. The van der Waals surface area contributed by atoms with Gasteiger partial charge >= 0.3 is 23.9 Å². The van der Waals surface area contributed by atoms with Gasteiger partial charge in [0.25, 0.3) is 0 Å². The summed E-state index contributed by atoms with van der Waals surface area (Å²) in [4.78, 5) is 53.2. The summed E-state index contributed by atoms with van der Waals surface area (Å²) >= 11 is 0. The van der Waals surface area contributed by atoms with Gasteiger partial charge in [0, 0.05) is 30.6 Å². The predicted octanol–water partition coefficient (Wildman–Crippen LogP) is 4.48. The molecule has 0 spiro atoms. The normalized spacial score (nSPS) is 23.2. The number of rotatable bonds is 14. The first-order chi connectivity index (χ1) is 17.7. The SMILES string of the molecule is CC(C)CC(=O)OC[C@H]1O[C@@H](N=[N+]=[N-])[C@H](OC(=O)CC(C)C)[C@@H](OC(=O)CC(C)C)[C@@H]1OC(=O)CC(C)C. The largest absolute Gasteiger partial charge is 0.463 e. The molecular formula is C26H43N3O9. The summed E-state index contributed by atoms with van der Waals surface area (Å²) in [5, 5.41) is 3.61. The smallest absolute Gasteiger partial charge is 0.306 e. The van der Waals surface area contributed by atoms with Gasteiger partial charge in [-0.1, -0.05) is 60.5 Å². The first-order valence-electron chi connectivity index (χ1n) is 13.2. The molecule has 0 N–H and O–H groups in total. The van der Waals surface area contributed by atoms with Crippen LogP contribution in [0.5, 0.6) is 0 Å². The number of carbonyl (C=O) groups excluding carboxylic acids is 4. The predicted molar refractivity (Wildman–Crippen MR) is 136 cm³/mol. The Morgan fingerprint density at radius 1 is 0.684 bits per heavy atom. The fraction of sp³-hybridized carbons (Fsp3) is 0.846. The molecule has 12 heteroatoms. The standard InChI is InChI=1S/C26H43N3O9/c1-14(2)9-19(30)34-13-18-23(36-20(31)10-15(3)4)24(37-21(32)11-16(5)6)25(26(35-18)28-29-27)38-22(33)12-17(7)8/h14-18,23-26H,9-13H2,1-8H3/t18-,23-,24+,25-,26-/m1/s1. The maximum absolute atomic E-state index is 12.8. The number of hydrogen-bond acceptors (Lipinski definition) is 10. The van der Waals surface area contributed by atoms with E-state index in [2.05, 4.69) is 10.0 Å². The minimum Gasteiger partial charge on any atom is -0.463 e. The summed E-state index contributed by atoms with van der Waals surface area (Å²) in [5.74, 6) is -2.46. The molecule has 1 saturated heterocycles. The highest BCUT2D eigenvalue weighted by atomic mass is 16.7. The van der Waals surface area contributed by atoms with Crippen molar-refractivity contribution in [1.82, 2.24) is 0 Å². The Morgan fingerprint density at radius 3 is 1.50 bits per heavy atom. The van der Waals surface area contributed by atoms with Gasteiger partial charge in [0.05, 0.1) is 0 Å². The topological polar surface area (TPSA) is 163 Å². The molecule has 0 radical (unpaired) electrons. The van der Waals surface area contributed by atoms with Crippen LogP contribution in [0.2, 0.25) is 0 Å². The van der Waals surface area contributed by atoms with Crippen molar-refractivity contribution in [1.29, 1.82) is 0 Å². The van der Waals surface area contributed by atoms with E-state index in [0.717, 1.165) is 0 Å². The maximum Gasteiger partial charge on any atom is 0.306 e. The summed E-state index contributed by atoms with van der Waals surface area (Å²) in [6.07, 6.45) is -6.37. The molecule has 1 rings (SSSR count). The molecule has 216 valence electrons. The van der Waals surface area contributed by atoms with E-state index in [0.29, 0.717) is 0 Å². The molecule has 0 aromatic carbocycles. The van der Waals surface area contributed by atoms with Crippen molar-refractivity contribution in [3.63, 3.8) is 0 Å². The molecule has 0 saturated carbocycles. The lowest BCUT2D eigenvalue weighted by atomic mass is 9.97. The second-order valence-electron chi connectivity index (χ2n) is 11.2. The Labute approximate surface area is 224 Å². The Balaban J connectivity index is 3.46. The zero-order valence-electron chi connectivity index (χ0n) is 23.7. The number of nitrogens with zero attached hydrogens (tertiary/aromatic N) is 3.